The van der Waals surface area contributed by atoms with Crippen molar-refractivity contribution in [2.24, 2.45) is 0 Å². The smallest absolute Gasteiger partial charge is 0.331 e. The van der Waals surface area contributed by atoms with Gasteiger partial charge in [-0.05, 0) is 35.9 Å². The SMILES string of the molecule is O=C(COC(=O)/C=C/c1cn(Cc2ccccc2)nc1-c1cccs1)NC1CC1. The van der Waals surface area contributed by atoms with Gasteiger partial charge >= 0.3 is 5.97 Å². The number of amides is 1. The molecule has 1 aromatic carbocycles. The zero-order valence-electron chi connectivity index (χ0n) is 15.8. The molecule has 0 bridgehead atoms. The topological polar surface area (TPSA) is 73.2 Å². The molecule has 0 atom stereocenters. The van der Waals surface area contributed by atoms with E-state index in [1.807, 2.05) is 58.7 Å². The number of hydrogen-bond donors (Lipinski definition) is 1. The fourth-order valence-electron chi connectivity index (χ4n) is 2.85. The predicted molar refractivity (Wildman–Crippen MR) is 112 cm³/mol. The number of esters is 1. The van der Waals surface area contributed by atoms with Crippen molar-refractivity contribution >= 4 is 29.3 Å². The molecule has 4 rings (SSSR count). The molecule has 148 valence electrons. The summed E-state index contributed by atoms with van der Waals surface area (Å²) in [5.41, 5.74) is 2.78. The summed E-state index contributed by atoms with van der Waals surface area (Å²) < 4.78 is 6.88. The Balaban J connectivity index is 1.45. The average Bonchev–Trinajstić information content (AvgIpc) is 3.21. The van der Waals surface area contributed by atoms with Gasteiger partial charge in [-0.15, -0.1) is 11.3 Å². The zero-order chi connectivity index (χ0) is 20.1. The van der Waals surface area contributed by atoms with E-state index in [0.29, 0.717) is 6.54 Å². The first kappa shape index (κ1) is 19.1. The van der Waals surface area contributed by atoms with Gasteiger partial charge in [0.25, 0.3) is 5.91 Å². The van der Waals surface area contributed by atoms with Gasteiger partial charge in [-0.2, -0.15) is 5.10 Å². The number of thiophene rings is 1. The van der Waals surface area contributed by atoms with Gasteiger partial charge < -0.3 is 10.1 Å². The minimum atomic E-state index is -0.552. The minimum absolute atomic E-state index is 0.251. The summed E-state index contributed by atoms with van der Waals surface area (Å²) in [5, 5.41) is 9.48. The first-order valence-electron chi connectivity index (χ1n) is 9.47. The monoisotopic (exact) mass is 407 g/mol. The number of aromatic nitrogens is 2. The summed E-state index contributed by atoms with van der Waals surface area (Å²) in [4.78, 5) is 24.7. The highest BCUT2D eigenvalue weighted by Gasteiger charge is 2.23. The summed E-state index contributed by atoms with van der Waals surface area (Å²) in [5.74, 6) is -0.812. The van der Waals surface area contributed by atoms with Crippen LogP contribution in [0.4, 0.5) is 0 Å². The van der Waals surface area contributed by atoms with E-state index in [2.05, 4.69) is 5.32 Å². The third-order valence-corrected chi connectivity index (χ3v) is 5.30. The molecule has 3 aromatic rings. The molecule has 2 aromatic heterocycles. The van der Waals surface area contributed by atoms with Gasteiger partial charge in [0.15, 0.2) is 6.61 Å². The van der Waals surface area contributed by atoms with Crippen LogP contribution in [0.1, 0.15) is 24.0 Å². The summed E-state index contributed by atoms with van der Waals surface area (Å²) in [7, 11) is 0. The minimum Gasteiger partial charge on any atom is -0.452 e. The molecule has 1 fully saturated rings. The van der Waals surface area contributed by atoms with Crippen LogP contribution in [0.3, 0.4) is 0 Å². The number of hydrogen-bond acceptors (Lipinski definition) is 5. The Morgan fingerprint density at radius 3 is 2.76 bits per heavy atom. The maximum Gasteiger partial charge on any atom is 0.331 e. The van der Waals surface area contributed by atoms with Gasteiger partial charge in [0.2, 0.25) is 0 Å². The van der Waals surface area contributed by atoms with E-state index in [9.17, 15) is 9.59 Å². The predicted octanol–water partition coefficient (Wildman–Crippen LogP) is 3.49. The Bertz CT molecular complexity index is 1010. The average molecular weight is 407 g/mol. The van der Waals surface area contributed by atoms with Crippen LogP contribution < -0.4 is 5.32 Å². The Morgan fingerprint density at radius 2 is 2.03 bits per heavy atom. The molecule has 1 saturated carbocycles. The molecule has 29 heavy (non-hydrogen) atoms. The molecule has 1 aliphatic rings. The van der Waals surface area contributed by atoms with Gasteiger partial charge in [0.05, 0.1) is 11.4 Å². The molecule has 1 aliphatic carbocycles. The largest absolute Gasteiger partial charge is 0.452 e. The second kappa shape index (κ2) is 8.87. The van der Waals surface area contributed by atoms with E-state index >= 15 is 0 Å². The van der Waals surface area contributed by atoms with E-state index in [-0.39, 0.29) is 18.6 Å². The number of nitrogens with one attached hydrogen (secondary N) is 1. The Morgan fingerprint density at radius 1 is 1.21 bits per heavy atom. The molecule has 0 saturated heterocycles. The second-order valence-corrected chi connectivity index (χ2v) is 7.82. The second-order valence-electron chi connectivity index (χ2n) is 6.88. The van der Waals surface area contributed by atoms with E-state index in [1.165, 1.54) is 6.08 Å². The fourth-order valence-corrected chi connectivity index (χ4v) is 3.59. The molecule has 6 nitrogen and oxygen atoms in total. The number of carbonyl (C=O) groups excluding carboxylic acids is 2. The lowest BCUT2D eigenvalue weighted by Crippen LogP contribution is -2.30. The number of benzene rings is 1. The lowest BCUT2D eigenvalue weighted by molar-refractivity contribution is -0.143. The van der Waals surface area contributed by atoms with Crippen molar-refractivity contribution in [2.45, 2.75) is 25.4 Å². The number of ether oxygens (including phenoxy) is 1. The van der Waals surface area contributed by atoms with Crippen LogP contribution in [0.5, 0.6) is 0 Å². The fraction of sp³-hybridized carbons (Fsp3) is 0.227. The Kier molecular flexibility index (Phi) is 5.86. The quantitative estimate of drug-likeness (QED) is 0.458. The van der Waals surface area contributed by atoms with Crippen LogP contribution in [0.15, 0.2) is 60.1 Å². The lowest BCUT2D eigenvalue weighted by atomic mass is 10.2. The summed E-state index contributed by atoms with van der Waals surface area (Å²) in [6, 6.07) is 14.3. The number of nitrogens with zero attached hydrogens (tertiary/aromatic N) is 2. The molecule has 0 unspecified atom stereocenters. The normalized spacial score (nSPS) is 13.5. The summed E-state index contributed by atoms with van der Waals surface area (Å²) >= 11 is 1.59. The molecule has 0 radical (unpaired) electrons. The first-order valence-corrected chi connectivity index (χ1v) is 10.3. The van der Waals surface area contributed by atoms with Crippen molar-refractivity contribution in [1.82, 2.24) is 15.1 Å². The molecule has 2 heterocycles. The Hall–Kier alpha value is -3.19. The van der Waals surface area contributed by atoms with Crippen molar-refractivity contribution in [2.75, 3.05) is 6.61 Å². The van der Waals surface area contributed by atoms with E-state index in [0.717, 1.165) is 34.5 Å². The maximum absolute atomic E-state index is 12.0. The van der Waals surface area contributed by atoms with Crippen molar-refractivity contribution in [1.29, 1.82) is 0 Å². The maximum atomic E-state index is 12.0. The van der Waals surface area contributed by atoms with Gasteiger partial charge in [0, 0.05) is 23.9 Å². The Labute approximate surface area is 172 Å². The van der Waals surface area contributed by atoms with Gasteiger partial charge in [-0.1, -0.05) is 36.4 Å². The highest BCUT2D eigenvalue weighted by atomic mass is 32.1. The third kappa shape index (κ3) is 5.42. The summed E-state index contributed by atoms with van der Waals surface area (Å²) in [6.07, 6.45) is 6.93. The summed E-state index contributed by atoms with van der Waals surface area (Å²) in [6.45, 7) is 0.379. The van der Waals surface area contributed by atoms with Crippen LogP contribution in [0, 0.1) is 0 Å². The van der Waals surface area contributed by atoms with Gasteiger partial charge in [-0.25, -0.2) is 4.79 Å². The van der Waals surface area contributed by atoms with Crippen molar-refractivity contribution in [3.05, 3.63) is 71.2 Å². The first-order chi connectivity index (χ1) is 14.2. The highest BCUT2D eigenvalue weighted by molar-refractivity contribution is 7.13. The van der Waals surface area contributed by atoms with Crippen LogP contribution in [0.2, 0.25) is 0 Å². The molecule has 1 amide bonds. The third-order valence-electron chi connectivity index (χ3n) is 4.42. The van der Waals surface area contributed by atoms with E-state index in [1.54, 1.807) is 17.4 Å². The van der Waals surface area contributed by atoms with E-state index in [4.69, 9.17) is 9.84 Å². The van der Waals surface area contributed by atoms with Crippen molar-refractivity contribution < 1.29 is 14.3 Å². The van der Waals surface area contributed by atoms with Crippen LogP contribution in [-0.4, -0.2) is 34.3 Å². The molecular formula is C22H21N3O3S. The molecule has 1 N–H and O–H groups in total. The van der Waals surface area contributed by atoms with Crippen LogP contribution >= 0.6 is 11.3 Å². The molecule has 7 heteroatoms. The number of rotatable bonds is 8. The van der Waals surface area contributed by atoms with Gasteiger partial charge in [-0.3, -0.25) is 9.48 Å². The van der Waals surface area contributed by atoms with E-state index < -0.39 is 5.97 Å². The number of carbonyl (C=O) groups is 2. The van der Waals surface area contributed by atoms with Crippen LogP contribution in [0.25, 0.3) is 16.6 Å². The van der Waals surface area contributed by atoms with Crippen LogP contribution in [-0.2, 0) is 20.9 Å². The van der Waals surface area contributed by atoms with Crippen molar-refractivity contribution in [3.63, 3.8) is 0 Å². The highest BCUT2D eigenvalue weighted by Crippen LogP contribution is 2.27. The molecule has 0 spiro atoms. The standard InChI is InChI=1S/C22H21N3O3S/c26-20(23-18-9-10-18)15-28-21(27)11-8-17-14-25(13-16-5-2-1-3-6-16)24-22(17)19-7-4-12-29-19/h1-8,11-12,14,18H,9-10,13,15H2,(H,23,26)/b11-8+. The zero-order valence-corrected chi connectivity index (χ0v) is 16.6. The molecule has 0 aliphatic heterocycles. The lowest BCUT2D eigenvalue weighted by Gasteiger charge is -2.02. The molecular weight excluding hydrogens is 386 g/mol. The van der Waals surface area contributed by atoms with Gasteiger partial charge in [0.1, 0.15) is 5.69 Å². The van der Waals surface area contributed by atoms with Crippen molar-refractivity contribution in [3.8, 4) is 10.6 Å².